The summed E-state index contributed by atoms with van der Waals surface area (Å²) in [5.41, 5.74) is 3.31. The maximum atomic E-state index is 12.2. The summed E-state index contributed by atoms with van der Waals surface area (Å²) in [4.78, 5) is 14.7. The molecule has 0 atom stereocenters. The molecule has 150 valence electrons. The van der Waals surface area contributed by atoms with Crippen molar-refractivity contribution in [3.8, 4) is 0 Å². The first kappa shape index (κ1) is 20.7. The number of para-hydroxylation sites is 1. The highest BCUT2D eigenvalue weighted by atomic mass is 35.5. The van der Waals surface area contributed by atoms with Crippen LogP contribution < -0.4 is 10.6 Å². The number of hydrogen-bond donors (Lipinski definition) is 2. The fraction of sp³-hybridized carbons (Fsp3) is 0.435. The van der Waals surface area contributed by atoms with Crippen molar-refractivity contribution in [3.05, 3.63) is 64.7 Å². The first-order chi connectivity index (χ1) is 13.6. The maximum absolute atomic E-state index is 12.2. The lowest BCUT2D eigenvalue weighted by Crippen LogP contribution is -2.33. The average Bonchev–Trinajstić information content (AvgIpc) is 2.73. The standard InChI is InChI=1S/C23H30ClN3O/c1-27(21-8-3-2-4-9-21)17-19-7-5-6-10-22(19)25-16-23(28)26-15-18-11-13-20(24)14-12-18/h5-7,10-14,21,25H,2-4,8-9,15-17H2,1H3,(H,26,28). The van der Waals surface area contributed by atoms with E-state index in [1.807, 2.05) is 30.3 Å². The monoisotopic (exact) mass is 399 g/mol. The number of anilines is 1. The van der Waals surface area contributed by atoms with E-state index in [0.717, 1.165) is 17.8 Å². The van der Waals surface area contributed by atoms with Gasteiger partial charge in [-0.05, 0) is 49.2 Å². The van der Waals surface area contributed by atoms with Crippen LogP contribution in [0, 0.1) is 0 Å². The molecule has 2 aromatic carbocycles. The number of nitrogens with one attached hydrogen (secondary N) is 2. The van der Waals surface area contributed by atoms with Crippen molar-refractivity contribution < 1.29 is 4.79 Å². The van der Waals surface area contributed by atoms with E-state index in [1.165, 1.54) is 37.7 Å². The van der Waals surface area contributed by atoms with Gasteiger partial charge in [0.15, 0.2) is 0 Å². The first-order valence-electron chi connectivity index (χ1n) is 10.1. The predicted molar refractivity (Wildman–Crippen MR) is 117 cm³/mol. The Labute approximate surface area is 173 Å². The number of amides is 1. The van der Waals surface area contributed by atoms with Crippen LogP contribution in [0.15, 0.2) is 48.5 Å². The Bertz CT molecular complexity index is 757. The summed E-state index contributed by atoms with van der Waals surface area (Å²) in [5, 5.41) is 6.95. The van der Waals surface area contributed by atoms with Crippen LogP contribution in [0.25, 0.3) is 0 Å². The van der Waals surface area contributed by atoms with Gasteiger partial charge < -0.3 is 10.6 Å². The van der Waals surface area contributed by atoms with E-state index in [0.29, 0.717) is 17.6 Å². The number of carbonyl (C=O) groups excluding carboxylic acids is 1. The Kier molecular flexibility index (Phi) is 7.75. The van der Waals surface area contributed by atoms with E-state index in [2.05, 4.69) is 40.8 Å². The van der Waals surface area contributed by atoms with E-state index in [-0.39, 0.29) is 12.5 Å². The van der Waals surface area contributed by atoms with Crippen LogP contribution in [0.1, 0.15) is 43.2 Å². The van der Waals surface area contributed by atoms with Crippen molar-refractivity contribution in [2.24, 2.45) is 0 Å². The molecule has 1 aliphatic carbocycles. The molecular weight excluding hydrogens is 370 g/mol. The highest BCUT2D eigenvalue weighted by molar-refractivity contribution is 6.30. The Hall–Kier alpha value is -2.04. The fourth-order valence-corrected chi connectivity index (χ4v) is 3.92. The average molecular weight is 400 g/mol. The Balaban J connectivity index is 1.49. The fourth-order valence-electron chi connectivity index (χ4n) is 3.79. The molecule has 0 aliphatic heterocycles. The maximum Gasteiger partial charge on any atom is 0.239 e. The Morgan fingerprint density at radius 2 is 1.79 bits per heavy atom. The minimum Gasteiger partial charge on any atom is -0.376 e. The summed E-state index contributed by atoms with van der Waals surface area (Å²) in [7, 11) is 2.21. The highest BCUT2D eigenvalue weighted by Gasteiger charge is 2.18. The van der Waals surface area contributed by atoms with E-state index in [4.69, 9.17) is 11.6 Å². The second kappa shape index (κ2) is 10.5. The largest absolute Gasteiger partial charge is 0.376 e. The van der Waals surface area contributed by atoms with E-state index in [9.17, 15) is 4.79 Å². The van der Waals surface area contributed by atoms with Crippen molar-refractivity contribution in [1.82, 2.24) is 10.2 Å². The van der Waals surface area contributed by atoms with E-state index >= 15 is 0 Å². The Morgan fingerprint density at radius 3 is 2.54 bits per heavy atom. The van der Waals surface area contributed by atoms with Gasteiger partial charge in [-0.15, -0.1) is 0 Å². The molecule has 0 saturated heterocycles. The third kappa shape index (κ3) is 6.25. The quantitative estimate of drug-likeness (QED) is 0.668. The molecule has 4 nitrogen and oxygen atoms in total. The molecule has 0 spiro atoms. The van der Waals surface area contributed by atoms with Crippen LogP contribution in [0.2, 0.25) is 5.02 Å². The lowest BCUT2D eigenvalue weighted by atomic mass is 9.94. The zero-order chi connectivity index (χ0) is 19.8. The molecular formula is C23H30ClN3O. The van der Waals surface area contributed by atoms with Gasteiger partial charge in [-0.2, -0.15) is 0 Å². The van der Waals surface area contributed by atoms with E-state index < -0.39 is 0 Å². The van der Waals surface area contributed by atoms with Gasteiger partial charge in [-0.25, -0.2) is 0 Å². The molecule has 0 radical (unpaired) electrons. The molecule has 0 heterocycles. The van der Waals surface area contributed by atoms with Crippen molar-refractivity contribution in [2.45, 2.75) is 51.2 Å². The van der Waals surface area contributed by atoms with Crippen molar-refractivity contribution in [2.75, 3.05) is 18.9 Å². The van der Waals surface area contributed by atoms with Gasteiger partial charge in [0.05, 0.1) is 6.54 Å². The van der Waals surface area contributed by atoms with Gasteiger partial charge in [0.25, 0.3) is 0 Å². The second-order valence-electron chi connectivity index (χ2n) is 7.62. The molecule has 1 fully saturated rings. The lowest BCUT2D eigenvalue weighted by molar-refractivity contribution is -0.119. The number of rotatable bonds is 8. The summed E-state index contributed by atoms with van der Waals surface area (Å²) in [6.07, 6.45) is 6.62. The van der Waals surface area contributed by atoms with Gasteiger partial charge in [0.2, 0.25) is 5.91 Å². The van der Waals surface area contributed by atoms with Crippen LogP contribution >= 0.6 is 11.6 Å². The number of hydrogen-bond acceptors (Lipinski definition) is 3. The predicted octanol–water partition coefficient (Wildman–Crippen LogP) is 4.83. The third-order valence-corrected chi connectivity index (χ3v) is 5.73. The van der Waals surface area contributed by atoms with Crippen molar-refractivity contribution in [3.63, 3.8) is 0 Å². The molecule has 2 aromatic rings. The normalized spacial score (nSPS) is 14.8. The third-order valence-electron chi connectivity index (χ3n) is 5.48. The highest BCUT2D eigenvalue weighted by Crippen LogP contribution is 2.24. The van der Waals surface area contributed by atoms with Crippen LogP contribution in [-0.2, 0) is 17.9 Å². The number of benzene rings is 2. The molecule has 0 aromatic heterocycles. The Morgan fingerprint density at radius 1 is 1.07 bits per heavy atom. The zero-order valence-electron chi connectivity index (χ0n) is 16.6. The molecule has 3 rings (SSSR count). The molecule has 2 N–H and O–H groups in total. The summed E-state index contributed by atoms with van der Waals surface area (Å²) in [5.74, 6) is -0.0228. The van der Waals surface area contributed by atoms with Crippen LogP contribution in [0.4, 0.5) is 5.69 Å². The number of nitrogens with zero attached hydrogens (tertiary/aromatic N) is 1. The molecule has 0 unspecified atom stereocenters. The lowest BCUT2D eigenvalue weighted by Gasteiger charge is -2.31. The molecule has 1 amide bonds. The van der Waals surface area contributed by atoms with Gasteiger partial charge in [-0.3, -0.25) is 9.69 Å². The zero-order valence-corrected chi connectivity index (χ0v) is 17.3. The smallest absolute Gasteiger partial charge is 0.239 e. The van der Waals surface area contributed by atoms with Crippen molar-refractivity contribution >= 4 is 23.2 Å². The van der Waals surface area contributed by atoms with Gasteiger partial charge in [0.1, 0.15) is 0 Å². The number of halogens is 1. The summed E-state index contributed by atoms with van der Waals surface area (Å²) >= 11 is 5.89. The molecule has 1 aliphatic rings. The molecule has 0 bridgehead atoms. The van der Waals surface area contributed by atoms with Crippen LogP contribution in [0.3, 0.4) is 0 Å². The van der Waals surface area contributed by atoms with E-state index in [1.54, 1.807) is 0 Å². The second-order valence-corrected chi connectivity index (χ2v) is 8.06. The van der Waals surface area contributed by atoms with Crippen molar-refractivity contribution in [1.29, 1.82) is 0 Å². The molecule has 5 heteroatoms. The minimum absolute atomic E-state index is 0.0228. The molecule has 1 saturated carbocycles. The summed E-state index contributed by atoms with van der Waals surface area (Å²) < 4.78 is 0. The first-order valence-corrected chi connectivity index (χ1v) is 10.5. The van der Waals surface area contributed by atoms with Gasteiger partial charge >= 0.3 is 0 Å². The number of carbonyl (C=O) groups is 1. The molecule has 28 heavy (non-hydrogen) atoms. The SMILES string of the molecule is CN(Cc1ccccc1NCC(=O)NCc1ccc(Cl)cc1)C1CCCCC1. The van der Waals surface area contributed by atoms with Crippen LogP contribution in [0.5, 0.6) is 0 Å². The minimum atomic E-state index is -0.0228. The summed E-state index contributed by atoms with van der Waals surface area (Å²) in [6.45, 7) is 1.67. The summed E-state index contributed by atoms with van der Waals surface area (Å²) in [6, 6.07) is 16.5. The van der Waals surface area contributed by atoms with Crippen LogP contribution in [-0.4, -0.2) is 30.4 Å². The van der Waals surface area contributed by atoms with Gasteiger partial charge in [-0.1, -0.05) is 61.2 Å². The van der Waals surface area contributed by atoms with Gasteiger partial charge in [0, 0.05) is 29.8 Å². The topological polar surface area (TPSA) is 44.4 Å².